The highest BCUT2D eigenvalue weighted by molar-refractivity contribution is 5.86. The van der Waals surface area contributed by atoms with Crippen LogP contribution in [0.5, 0.6) is 5.75 Å². The topological polar surface area (TPSA) is 64.0 Å². The van der Waals surface area contributed by atoms with Crippen LogP contribution in [0.25, 0.3) is 0 Å². The average molecular weight is 490 g/mol. The van der Waals surface area contributed by atoms with Gasteiger partial charge in [0.2, 0.25) is 11.8 Å². The van der Waals surface area contributed by atoms with E-state index in [4.69, 9.17) is 9.47 Å². The summed E-state index contributed by atoms with van der Waals surface area (Å²) in [5, 5.41) is 0. The van der Waals surface area contributed by atoms with E-state index in [9.17, 15) is 9.59 Å². The van der Waals surface area contributed by atoms with Crippen molar-refractivity contribution in [1.29, 1.82) is 0 Å². The summed E-state index contributed by atoms with van der Waals surface area (Å²) in [5.41, 5.74) is 3.06. The predicted octanol–water partition coefficient (Wildman–Crippen LogP) is 3.78. The highest BCUT2D eigenvalue weighted by atomic mass is 16.5. The van der Waals surface area contributed by atoms with E-state index in [0.29, 0.717) is 26.2 Å². The Morgan fingerprint density at radius 2 is 1.67 bits per heavy atom. The SMILES string of the molecule is C=CCN(CC(=O)N(CCOC)Cc1cccn1Cc1ccccc1)C(=O)Cc1ccc(OC)cc1. The first-order valence-corrected chi connectivity index (χ1v) is 12.0. The van der Waals surface area contributed by atoms with Gasteiger partial charge in [0, 0.05) is 38.6 Å². The van der Waals surface area contributed by atoms with Crippen LogP contribution in [0, 0.1) is 0 Å². The van der Waals surface area contributed by atoms with Crippen molar-refractivity contribution in [2.24, 2.45) is 0 Å². The second-order valence-electron chi connectivity index (χ2n) is 8.51. The summed E-state index contributed by atoms with van der Waals surface area (Å²) in [4.78, 5) is 29.7. The second-order valence-corrected chi connectivity index (χ2v) is 8.51. The first kappa shape index (κ1) is 26.8. The number of nitrogens with zero attached hydrogens (tertiary/aromatic N) is 3. The molecule has 0 spiro atoms. The number of benzene rings is 2. The molecule has 36 heavy (non-hydrogen) atoms. The molecule has 1 aromatic heterocycles. The third-order valence-electron chi connectivity index (χ3n) is 5.93. The zero-order valence-electron chi connectivity index (χ0n) is 21.1. The number of ether oxygens (including phenoxy) is 2. The fraction of sp³-hybridized carbons (Fsp3) is 0.310. The van der Waals surface area contributed by atoms with Crippen LogP contribution in [0.2, 0.25) is 0 Å². The minimum atomic E-state index is -0.135. The lowest BCUT2D eigenvalue weighted by Gasteiger charge is -2.27. The van der Waals surface area contributed by atoms with Crippen LogP contribution in [-0.2, 0) is 33.8 Å². The van der Waals surface area contributed by atoms with Gasteiger partial charge in [0.05, 0.1) is 26.7 Å². The molecule has 3 aromatic rings. The molecular formula is C29H35N3O4. The van der Waals surface area contributed by atoms with Crippen LogP contribution in [0.1, 0.15) is 16.8 Å². The fourth-order valence-electron chi connectivity index (χ4n) is 3.92. The molecule has 190 valence electrons. The van der Waals surface area contributed by atoms with Crippen molar-refractivity contribution in [3.8, 4) is 5.75 Å². The Kier molecular flexibility index (Phi) is 10.3. The molecule has 0 aliphatic heterocycles. The van der Waals surface area contributed by atoms with Gasteiger partial charge in [-0.3, -0.25) is 9.59 Å². The number of rotatable bonds is 14. The predicted molar refractivity (Wildman–Crippen MR) is 141 cm³/mol. The van der Waals surface area contributed by atoms with E-state index in [-0.39, 0.29) is 24.8 Å². The summed E-state index contributed by atoms with van der Waals surface area (Å²) < 4.78 is 12.6. The summed E-state index contributed by atoms with van der Waals surface area (Å²) in [6, 6.07) is 21.6. The molecule has 0 N–H and O–H groups in total. The van der Waals surface area contributed by atoms with Crippen molar-refractivity contribution in [2.45, 2.75) is 19.5 Å². The second kappa shape index (κ2) is 13.9. The number of carbonyl (C=O) groups excluding carboxylic acids is 2. The number of methoxy groups -OCH3 is 2. The average Bonchev–Trinajstić information content (AvgIpc) is 3.33. The Balaban J connectivity index is 1.69. The molecule has 7 heteroatoms. The molecule has 0 saturated carbocycles. The summed E-state index contributed by atoms with van der Waals surface area (Å²) in [6.45, 7) is 6.03. The van der Waals surface area contributed by atoms with Crippen LogP contribution in [0.15, 0.2) is 85.6 Å². The molecule has 0 fully saturated rings. The Morgan fingerprint density at radius 3 is 2.33 bits per heavy atom. The molecule has 0 bridgehead atoms. The van der Waals surface area contributed by atoms with E-state index in [1.54, 1.807) is 30.1 Å². The Labute approximate surface area is 213 Å². The van der Waals surface area contributed by atoms with E-state index in [1.807, 2.05) is 60.8 Å². The van der Waals surface area contributed by atoms with Gasteiger partial charge in [-0.2, -0.15) is 0 Å². The maximum Gasteiger partial charge on any atom is 0.242 e. The number of amides is 2. The molecule has 0 aliphatic carbocycles. The lowest BCUT2D eigenvalue weighted by Crippen LogP contribution is -2.44. The third-order valence-corrected chi connectivity index (χ3v) is 5.93. The molecule has 0 saturated heterocycles. The maximum atomic E-state index is 13.4. The minimum Gasteiger partial charge on any atom is -0.497 e. The Hall–Kier alpha value is -3.84. The number of carbonyl (C=O) groups is 2. The van der Waals surface area contributed by atoms with E-state index >= 15 is 0 Å². The van der Waals surface area contributed by atoms with Gasteiger partial charge in [-0.1, -0.05) is 48.5 Å². The maximum absolute atomic E-state index is 13.4. The molecular weight excluding hydrogens is 454 g/mol. The zero-order valence-corrected chi connectivity index (χ0v) is 21.1. The van der Waals surface area contributed by atoms with Crippen molar-refractivity contribution in [2.75, 3.05) is 40.5 Å². The summed E-state index contributed by atoms with van der Waals surface area (Å²) >= 11 is 0. The minimum absolute atomic E-state index is 0.0237. The normalized spacial score (nSPS) is 10.6. The van der Waals surface area contributed by atoms with Gasteiger partial charge in [0.15, 0.2) is 0 Å². The Morgan fingerprint density at radius 1 is 0.917 bits per heavy atom. The van der Waals surface area contributed by atoms with E-state index in [0.717, 1.165) is 23.6 Å². The van der Waals surface area contributed by atoms with Gasteiger partial charge >= 0.3 is 0 Å². The molecule has 0 atom stereocenters. The van der Waals surface area contributed by atoms with Gasteiger partial charge in [0.1, 0.15) is 12.3 Å². The number of hydrogen-bond acceptors (Lipinski definition) is 4. The number of aromatic nitrogens is 1. The number of hydrogen-bond donors (Lipinski definition) is 0. The van der Waals surface area contributed by atoms with Gasteiger partial charge in [-0.15, -0.1) is 6.58 Å². The first-order chi connectivity index (χ1) is 17.5. The van der Waals surface area contributed by atoms with E-state index < -0.39 is 0 Å². The zero-order chi connectivity index (χ0) is 25.8. The summed E-state index contributed by atoms with van der Waals surface area (Å²) in [7, 11) is 3.22. The smallest absolute Gasteiger partial charge is 0.242 e. The standard InChI is InChI=1S/C29H35N3O4/c1-4-16-31(28(33)20-24-12-14-27(36-3)15-13-24)23-29(34)32(18-19-35-2)22-26-11-8-17-30(26)21-25-9-6-5-7-10-25/h4-15,17H,1,16,18-23H2,2-3H3. The van der Waals surface area contributed by atoms with Crippen LogP contribution in [-0.4, -0.2) is 66.6 Å². The monoisotopic (exact) mass is 489 g/mol. The van der Waals surface area contributed by atoms with Gasteiger partial charge in [0.25, 0.3) is 0 Å². The van der Waals surface area contributed by atoms with Crippen LogP contribution >= 0.6 is 0 Å². The molecule has 0 radical (unpaired) electrons. The molecule has 7 nitrogen and oxygen atoms in total. The van der Waals surface area contributed by atoms with Crippen molar-refractivity contribution >= 4 is 11.8 Å². The lowest BCUT2D eigenvalue weighted by atomic mass is 10.1. The van der Waals surface area contributed by atoms with Gasteiger partial charge in [-0.05, 0) is 35.4 Å². The molecule has 2 aromatic carbocycles. The largest absolute Gasteiger partial charge is 0.497 e. The van der Waals surface area contributed by atoms with Crippen LogP contribution < -0.4 is 4.74 Å². The van der Waals surface area contributed by atoms with Crippen LogP contribution in [0.3, 0.4) is 0 Å². The van der Waals surface area contributed by atoms with Crippen molar-refractivity contribution in [1.82, 2.24) is 14.4 Å². The van der Waals surface area contributed by atoms with Crippen molar-refractivity contribution < 1.29 is 19.1 Å². The van der Waals surface area contributed by atoms with E-state index in [1.165, 1.54) is 5.56 Å². The molecule has 1 heterocycles. The van der Waals surface area contributed by atoms with Gasteiger partial charge < -0.3 is 23.8 Å². The molecule has 3 rings (SSSR count). The lowest BCUT2D eigenvalue weighted by molar-refractivity contribution is -0.140. The Bertz CT molecular complexity index is 1110. The first-order valence-electron chi connectivity index (χ1n) is 12.0. The van der Waals surface area contributed by atoms with Crippen LogP contribution in [0.4, 0.5) is 0 Å². The summed E-state index contributed by atoms with van der Waals surface area (Å²) in [6.07, 6.45) is 3.86. The fourth-order valence-corrected chi connectivity index (χ4v) is 3.92. The van der Waals surface area contributed by atoms with E-state index in [2.05, 4.69) is 23.3 Å². The molecule has 0 aliphatic rings. The quantitative estimate of drug-likeness (QED) is 0.324. The van der Waals surface area contributed by atoms with Crippen molar-refractivity contribution in [3.05, 3.63) is 102 Å². The highest BCUT2D eigenvalue weighted by Crippen LogP contribution is 2.14. The van der Waals surface area contributed by atoms with Crippen molar-refractivity contribution in [3.63, 3.8) is 0 Å². The highest BCUT2D eigenvalue weighted by Gasteiger charge is 2.22. The van der Waals surface area contributed by atoms with Gasteiger partial charge in [-0.25, -0.2) is 0 Å². The molecule has 0 unspecified atom stereocenters. The molecule has 2 amide bonds. The third kappa shape index (κ3) is 7.85. The summed E-state index contributed by atoms with van der Waals surface area (Å²) in [5.74, 6) is 0.465.